The molecule has 1 fully saturated rings. The summed E-state index contributed by atoms with van der Waals surface area (Å²) in [6, 6.07) is 6.78. The van der Waals surface area contributed by atoms with E-state index < -0.39 is 0 Å². The molecule has 0 bridgehead atoms. The molecule has 1 aliphatic heterocycles. The van der Waals surface area contributed by atoms with E-state index in [4.69, 9.17) is 4.74 Å². The molecule has 2 aliphatic rings. The average molecular weight is 275 g/mol. The predicted octanol–water partition coefficient (Wildman–Crippen LogP) is 2.65. The Balaban J connectivity index is 1.70. The first-order valence-electron chi connectivity index (χ1n) is 7.51. The van der Waals surface area contributed by atoms with Gasteiger partial charge in [0.25, 0.3) is 0 Å². The van der Waals surface area contributed by atoms with Gasteiger partial charge in [-0.2, -0.15) is 0 Å². The number of ether oxygens (including phenoxy) is 1. The lowest BCUT2D eigenvalue weighted by atomic mass is 9.64. The van der Waals surface area contributed by atoms with Crippen molar-refractivity contribution in [2.45, 2.75) is 64.8 Å². The Morgan fingerprint density at radius 1 is 1.30 bits per heavy atom. The first kappa shape index (κ1) is 13.9. The quantitative estimate of drug-likeness (QED) is 0.891. The maximum Gasteiger partial charge on any atom is 0.127 e. The van der Waals surface area contributed by atoms with Crippen LogP contribution in [0.2, 0.25) is 0 Å². The van der Waals surface area contributed by atoms with Gasteiger partial charge in [-0.15, -0.1) is 0 Å². The molecule has 1 heterocycles. The van der Waals surface area contributed by atoms with Crippen LogP contribution in [0.1, 0.15) is 45.2 Å². The highest BCUT2D eigenvalue weighted by Crippen LogP contribution is 2.41. The molecule has 3 nitrogen and oxygen atoms in total. The second-order valence-electron chi connectivity index (χ2n) is 7.45. The van der Waals surface area contributed by atoms with Crippen LogP contribution in [-0.2, 0) is 13.0 Å². The highest BCUT2D eigenvalue weighted by Gasteiger charge is 2.46. The van der Waals surface area contributed by atoms with Gasteiger partial charge in [0, 0.05) is 30.0 Å². The van der Waals surface area contributed by atoms with E-state index in [-0.39, 0.29) is 17.1 Å². The van der Waals surface area contributed by atoms with E-state index in [0.29, 0.717) is 6.04 Å². The van der Waals surface area contributed by atoms with Crippen LogP contribution in [-0.4, -0.2) is 22.9 Å². The molecule has 110 valence electrons. The fourth-order valence-electron chi connectivity index (χ4n) is 3.30. The summed E-state index contributed by atoms with van der Waals surface area (Å²) in [7, 11) is 0. The van der Waals surface area contributed by atoms with Gasteiger partial charge in [0.05, 0.1) is 6.10 Å². The van der Waals surface area contributed by atoms with Crippen LogP contribution in [0.5, 0.6) is 5.75 Å². The van der Waals surface area contributed by atoms with E-state index in [1.807, 2.05) is 0 Å². The van der Waals surface area contributed by atoms with Crippen molar-refractivity contribution in [1.29, 1.82) is 0 Å². The van der Waals surface area contributed by atoms with Crippen LogP contribution in [0.3, 0.4) is 0 Å². The molecule has 3 heteroatoms. The number of nitrogens with one attached hydrogen (secondary N) is 1. The third-order valence-corrected chi connectivity index (χ3v) is 4.93. The summed E-state index contributed by atoms with van der Waals surface area (Å²) in [4.78, 5) is 0. The van der Waals surface area contributed by atoms with Gasteiger partial charge in [0.2, 0.25) is 0 Å². The average Bonchev–Trinajstić information content (AvgIpc) is 2.68. The van der Waals surface area contributed by atoms with Gasteiger partial charge < -0.3 is 15.2 Å². The Hall–Kier alpha value is -1.06. The molecule has 20 heavy (non-hydrogen) atoms. The standard InChI is InChI=1S/C17H25NO2/c1-16(2)9-11-6-5-7-12(15(11)20-16)10-18-13-8-14(19)17(13,3)4/h5-7,13-14,18-19H,8-10H2,1-4H3. The number of para-hydroxylation sites is 1. The third kappa shape index (κ3) is 2.23. The molecule has 2 N–H and O–H groups in total. The van der Waals surface area contributed by atoms with Crippen molar-refractivity contribution in [3.05, 3.63) is 29.3 Å². The summed E-state index contributed by atoms with van der Waals surface area (Å²) in [6.45, 7) is 9.31. The van der Waals surface area contributed by atoms with E-state index in [1.54, 1.807) is 0 Å². The first-order valence-corrected chi connectivity index (χ1v) is 7.51. The molecule has 1 aromatic rings. The second kappa shape index (κ2) is 4.47. The smallest absolute Gasteiger partial charge is 0.127 e. The molecule has 1 aliphatic carbocycles. The molecular formula is C17H25NO2. The van der Waals surface area contributed by atoms with Crippen molar-refractivity contribution < 1.29 is 9.84 Å². The van der Waals surface area contributed by atoms with E-state index >= 15 is 0 Å². The second-order valence-corrected chi connectivity index (χ2v) is 7.45. The van der Waals surface area contributed by atoms with Crippen LogP contribution >= 0.6 is 0 Å². The summed E-state index contributed by atoms with van der Waals surface area (Å²) >= 11 is 0. The topological polar surface area (TPSA) is 41.5 Å². The lowest BCUT2D eigenvalue weighted by molar-refractivity contribution is -0.0730. The minimum absolute atomic E-state index is 0.0297. The van der Waals surface area contributed by atoms with Gasteiger partial charge in [-0.25, -0.2) is 0 Å². The number of aliphatic hydroxyl groups is 1. The normalized spacial score (nSPS) is 29.4. The van der Waals surface area contributed by atoms with Crippen LogP contribution in [0.15, 0.2) is 18.2 Å². The molecule has 1 aromatic carbocycles. The Bertz CT molecular complexity index is 522. The van der Waals surface area contributed by atoms with Gasteiger partial charge in [-0.1, -0.05) is 32.0 Å². The van der Waals surface area contributed by atoms with Crippen molar-refractivity contribution in [3.63, 3.8) is 0 Å². The molecule has 2 unspecified atom stereocenters. The zero-order valence-corrected chi connectivity index (χ0v) is 12.9. The third-order valence-electron chi connectivity index (χ3n) is 4.93. The number of fused-ring (bicyclic) bond motifs is 1. The molecule has 0 spiro atoms. The summed E-state index contributed by atoms with van der Waals surface area (Å²) in [5.41, 5.74) is 2.41. The van der Waals surface area contributed by atoms with Crippen molar-refractivity contribution in [3.8, 4) is 5.75 Å². The molecule has 0 amide bonds. The number of benzene rings is 1. The SMILES string of the molecule is CC1(C)Cc2cccc(CNC3CC(O)C3(C)C)c2O1. The highest BCUT2D eigenvalue weighted by molar-refractivity contribution is 5.45. The number of rotatable bonds is 3. The van der Waals surface area contributed by atoms with Crippen LogP contribution in [0.25, 0.3) is 0 Å². The molecule has 0 saturated heterocycles. The van der Waals surface area contributed by atoms with E-state index in [2.05, 4.69) is 51.2 Å². The predicted molar refractivity (Wildman–Crippen MR) is 79.9 cm³/mol. The summed E-state index contributed by atoms with van der Waals surface area (Å²) in [5, 5.41) is 13.4. The fourth-order valence-corrected chi connectivity index (χ4v) is 3.30. The Labute approximate surface area is 121 Å². The summed E-state index contributed by atoms with van der Waals surface area (Å²) < 4.78 is 6.09. The van der Waals surface area contributed by atoms with Crippen molar-refractivity contribution in [2.75, 3.05) is 0 Å². The largest absolute Gasteiger partial charge is 0.487 e. The van der Waals surface area contributed by atoms with Gasteiger partial charge in [0.15, 0.2) is 0 Å². The van der Waals surface area contributed by atoms with E-state index in [9.17, 15) is 5.11 Å². The minimum atomic E-state index is -0.184. The molecule has 0 radical (unpaired) electrons. The highest BCUT2D eigenvalue weighted by atomic mass is 16.5. The molecule has 3 rings (SSSR count). The van der Waals surface area contributed by atoms with Crippen molar-refractivity contribution in [2.24, 2.45) is 5.41 Å². The number of hydrogen-bond acceptors (Lipinski definition) is 3. The lowest BCUT2D eigenvalue weighted by Crippen LogP contribution is -2.59. The van der Waals surface area contributed by atoms with E-state index in [0.717, 1.165) is 25.1 Å². The Morgan fingerprint density at radius 3 is 2.70 bits per heavy atom. The van der Waals surface area contributed by atoms with Crippen molar-refractivity contribution in [1.82, 2.24) is 5.32 Å². The Kier molecular flexibility index (Phi) is 3.11. The molecule has 0 aromatic heterocycles. The lowest BCUT2D eigenvalue weighted by Gasteiger charge is -2.49. The minimum Gasteiger partial charge on any atom is -0.487 e. The van der Waals surface area contributed by atoms with Crippen molar-refractivity contribution >= 4 is 0 Å². The number of hydrogen-bond donors (Lipinski definition) is 2. The van der Waals surface area contributed by atoms with Crippen LogP contribution in [0.4, 0.5) is 0 Å². The maximum absolute atomic E-state index is 9.80. The van der Waals surface area contributed by atoms with Gasteiger partial charge >= 0.3 is 0 Å². The Morgan fingerprint density at radius 2 is 2.05 bits per heavy atom. The molecule has 2 atom stereocenters. The summed E-state index contributed by atoms with van der Waals surface area (Å²) in [6.07, 6.45) is 1.63. The molecular weight excluding hydrogens is 250 g/mol. The van der Waals surface area contributed by atoms with Gasteiger partial charge in [-0.3, -0.25) is 0 Å². The monoisotopic (exact) mass is 275 g/mol. The van der Waals surface area contributed by atoms with Gasteiger partial charge in [0.1, 0.15) is 11.4 Å². The maximum atomic E-state index is 9.80. The fraction of sp³-hybridized carbons (Fsp3) is 0.647. The zero-order valence-electron chi connectivity index (χ0n) is 12.9. The first-order chi connectivity index (χ1) is 9.29. The van der Waals surface area contributed by atoms with Crippen LogP contribution < -0.4 is 10.1 Å². The van der Waals surface area contributed by atoms with Crippen LogP contribution in [0, 0.1) is 5.41 Å². The zero-order chi connectivity index (χ0) is 14.5. The van der Waals surface area contributed by atoms with E-state index in [1.165, 1.54) is 11.1 Å². The molecule has 1 saturated carbocycles. The number of aliphatic hydroxyl groups excluding tert-OH is 1. The summed E-state index contributed by atoms with van der Waals surface area (Å²) in [5.74, 6) is 1.06. The van der Waals surface area contributed by atoms with Gasteiger partial charge in [-0.05, 0) is 25.8 Å².